The number of esters is 1. The monoisotopic (exact) mass is 296 g/mol. The molecule has 0 saturated carbocycles. The summed E-state index contributed by atoms with van der Waals surface area (Å²) in [6, 6.07) is -1.01. The highest BCUT2D eigenvalue weighted by atomic mass is 32.2. The standard InChI is InChI=1S/C10H20N2O6S/c1-7(2)9(10(15)18-4)11-19(16,17)12(3)6-5-8(13)14/h7,9,11H,5-6H2,1-4H3,(H,13,14)/t9-/m0/s1. The second-order valence-electron chi connectivity index (χ2n) is 4.33. The van der Waals surface area contributed by atoms with Crippen LogP contribution in [0.4, 0.5) is 0 Å². The minimum atomic E-state index is -3.94. The van der Waals surface area contributed by atoms with Gasteiger partial charge in [0, 0.05) is 13.6 Å². The molecule has 0 aromatic rings. The van der Waals surface area contributed by atoms with Gasteiger partial charge < -0.3 is 9.84 Å². The predicted octanol–water partition coefficient (Wildman–Crippen LogP) is -0.575. The third-order valence-electron chi connectivity index (χ3n) is 2.45. The van der Waals surface area contributed by atoms with Gasteiger partial charge in [0.1, 0.15) is 6.04 Å². The molecule has 112 valence electrons. The first kappa shape index (κ1) is 17.8. The molecule has 0 radical (unpaired) electrons. The molecule has 0 spiro atoms. The van der Waals surface area contributed by atoms with Crippen molar-refractivity contribution >= 4 is 22.1 Å². The van der Waals surface area contributed by atoms with Gasteiger partial charge in [-0.05, 0) is 5.92 Å². The average molecular weight is 296 g/mol. The van der Waals surface area contributed by atoms with Gasteiger partial charge in [0.25, 0.3) is 10.2 Å². The van der Waals surface area contributed by atoms with Crippen LogP contribution < -0.4 is 4.72 Å². The molecule has 1 atom stereocenters. The van der Waals surface area contributed by atoms with Crippen molar-refractivity contribution in [2.24, 2.45) is 5.92 Å². The Hall–Kier alpha value is -1.19. The highest BCUT2D eigenvalue weighted by Gasteiger charge is 2.30. The first-order valence-corrected chi connectivity index (χ1v) is 7.09. The van der Waals surface area contributed by atoms with E-state index in [0.29, 0.717) is 0 Å². The van der Waals surface area contributed by atoms with E-state index in [2.05, 4.69) is 9.46 Å². The molecule has 0 heterocycles. The van der Waals surface area contributed by atoms with Crippen molar-refractivity contribution in [1.29, 1.82) is 0 Å². The van der Waals surface area contributed by atoms with Gasteiger partial charge in [0.15, 0.2) is 0 Å². The molecule has 0 rings (SSSR count). The Morgan fingerprint density at radius 1 is 1.37 bits per heavy atom. The van der Waals surface area contributed by atoms with Gasteiger partial charge in [-0.25, -0.2) is 0 Å². The third-order valence-corrected chi connectivity index (χ3v) is 4.00. The molecule has 19 heavy (non-hydrogen) atoms. The topological polar surface area (TPSA) is 113 Å². The first-order chi connectivity index (χ1) is 8.61. The summed E-state index contributed by atoms with van der Waals surface area (Å²) in [5.74, 6) is -2.09. The van der Waals surface area contributed by atoms with Crippen molar-refractivity contribution < 1.29 is 27.9 Å². The summed E-state index contributed by atoms with van der Waals surface area (Å²) in [6.45, 7) is 3.15. The highest BCUT2D eigenvalue weighted by molar-refractivity contribution is 7.87. The molecule has 0 aromatic heterocycles. The van der Waals surface area contributed by atoms with E-state index in [1.807, 2.05) is 0 Å². The lowest BCUT2D eigenvalue weighted by atomic mass is 10.1. The number of carbonyl (C=O) groups excluding carboxylic acids is 1. The Labute approximate surface area is 112 Å². The molecule has 0 aliphatic carbocycles. The molecule has 0 aliphatic heterocycles. The molecular formula is C10H20N2O6S. The third kappa shape index (κ3) is 5.99. The zero-order valence-electron chi connectivity index (χ0n) is 11.4. The second kappa shape index (κ2) is 7.41. The van der Waals surface area contributed by atoms with E-state index in [-0.39, 0.29) is 18.9 Å². The number of nitrogens with one attached hydrogen (secondary N) is 1. The molecule has 0 amide bonds. The largest absolute Gasteiger partial charge is 0.481 e. The van der Waals surface area contributed by atoms with E-state index >= 15 is 0 Å². The van der Waals surface area contributed by atoms with Crippen molar-refractivity contribution in [3.63, 3.8) is 0 Å². The zero-order chi connectivity index (χ0) is 15.2. The maximum Gasteiger partial charge on any atom is 0.324 e. The lowest BCUT2D eigenvalue weighted by Gasteiger charge is -2.23. The van der Waals surface area contributed by atoms with Crippen LogP contribution in [-0.4, -0.2) is 56.5 Å². The van der Waals surface area contributed by atoms with Gasteiger partial charge in [-0.15, -0.1) is 0 Å². The maximum atomic E-state index is 11.9. The Bertz CT molecular complexity index is 420. The molecule has 2 N–H and O–H groups in total. The molecule has 8 nitrogen and oxygen atoms in total. The Kier molecular flexibility index (Phi) is 6.95. The minimum absolute atomic E-state index is 0.184. The van der Waals surface area contributed by atoms with E-state index in [4.69, 9.17) is 5.11 Å². The number of carbonyl (C=O) groups is 2. The van der Waals surface area contributed by atoms with Crippen LogP contribution in [0.15, 0.2) is 0 Å². The number of carboxylic acid groups (broad SMARTS) is 1. The van der Waals surface area contributed by atoms with Gasteiger partial charge >= 0.3 is 11.9 Å². The van der Waals surface area contributed by atoms with E-state index < -0.39 is 28.2 Å². The fourth-order valence-corrected chi connectivity index (χ4v) is 2.41. The van der Waals surface area contributed by atoms with Gasteiger partial charge in [0.05, 0.1) is 13.5 Å². The molecular weight excluding hydrogens is 276 g/mol. The lowest BCUT2D eigenvalue weighted by molar-refractivity contribution is -0.143. The SMILES string of the molecule is COC(=O)[C@@H](NS(=O)(=O)N(C)CCC(=O)O)C(C)C. The van der Waals surface area contributed by atoms with Crippen LogP contribution >= 0.6 is 0 Å². The molecule has 0 aliphatic rings. The molecule has 0 bridgehead atoms. The molecule has 0 saturated heterocycles. The Balaban J connectivity index is 4.81. The number of rotatable bonds is 8. The van der Waals surface area contributed by atoms with Crippen molar-refractivity contribution in [3.05, 3.63) is 0 Å². The average Bonchev–Trinajstić information content (AvgIpc) is 2.31. The number of carboxylic acids is 1. The Morgan fingerprint density at radius 2 is 1.89 bits per heavy atom. The van der Waals surface area contributed by atoms with Crippen LogP contribution in [0.5, 0.6) is 0 Å². The second-order valence-corrected chi connectivity index (χ2v) is 6.14. The summed E-state index contributed by atoms with van der Waals surface area (Å²) in [7, 11) is -1.53. The summed E-state index contributed by atoms with van der Waals surface area (Å²) < 4.78 is 31.3. The van der Waals surface area contributed by atoms with Crippen LogP contribution in [0.25, 0.3) is 0 Å². The fourth-order valence-electron chi connectivity index (χ4n) is 1.21. The van der Waals surface area contributed by atoms with Crippen molar-refractivity contribution in [1.82, 2.24) is 9.03 Å². The van der Waals surface area contributed by atoms with Crippen LogP contribution in [0.3, 0.4) is 0 Å². The van der Waals surface area contributed by atoms with Crippen molar-refractivity contribution in [3.8, 4) is 0 Å². The van der Waals surface area contributed by atoms with E-state index in [9.17, 15) is 18.0 Å². The summed E-state index contributed by atoms with van der Waals surface area (Å²) in [5, 5.41) is 8.51. The molecule has 9 heteroatoms. The fraction of sp³-hybridized carbons (Fsp3) is 0.800. The van der Waals surface area contributed by atoms with Gasteiger partial charge in [-0.3, -0.25) is 9.59 Å². The van der Waals surface area contributed by atoms with E-state index in [0.717, 1.165) is 4.31 Å². The number of ether oxygens (including phenoxy) is 1. The van der Waals surface area contributed by atoms with Crippen molar-refractivity contribution in [2.45, 2.75) is 26.3 Å². The summed E-state index contributed by atoms with van der Waals surface area (Å²) >= 11 is 0. The number of hydrogen-bond donors (Lipinski definition) is 2. The first-order valence-electron chi connectivity index (χ1n) is 5.65. The van der Waals surface area contributed by atoms with Crippen molar-refractivity contribution in [2.75, 3.05) is 20.7 Å². The summed E-state index contributed by atoms with van der Waals surface area (Å²) in [4.78, 5) is 21.9. The predicted molar refractivity (Wildman–Crippen MR) is 67.6 cm³/mol. The normalized spacial score (nSPS) is 13.6. The van der Waals surface area contributed by atoms with Crippen LogP contribution in [0, 0.1) is 5.92 Å². The van der Waals surface area contributed by atoms with Crippen LogP contribution in [0.1, 0.15) is 20.3 Å². The number of hydrogen-bond acceptors (Lipinski definition) is 5. The van der Waals surface area contributed by atoms with Crippen LogP contribution in [0.2, 0.25) is 0 Å². The van der Waals surface area contributed by atoms with E-state index in [1.54, 1.807) is 13.8 Å². The maximum absolute atomic E-state index is 11.9. The van der Waals surface area contributed by atoms with Gasteiger partial charge in [0.2, 0.25) is 0 Å². The molecule has 0 aromatic carbocycles. The summed E-state index contributed by atoms with van der Waals surface area (Å²) in [6.07, 6.45) is -0.317. The molecule has 0 fully saturated rings. The summed E-state index contributed by atoms with van der Waals surface area (Å²) in [5.41, 5.74) is 0. The minimum Gasteiger partial charge on any atom is -0.481 e. The quantitative estimate of drug-likeness (QED) is 0.580. The number of methoxy groups -OCH3 is 1. The zero-order valence-corrected chi connectivity index (χ0v) is 12.2. The van der Waals surface area contributed by atoms with Gasteiger partial charge in [-0.2, -0.15) is 17.4 Å². The smallest absolute Gasteiger partial charge is 0.324 e. The highest BCUT2D eigenvalue weighted by Crippen LogP contribution is 2.07. The van der Waals surface area contributed by atoms with E-state index in [1.165, 1.54) is 14.2 Å². The lowest BCUT2D eigenvalue weighted by Crippen LogP contribution is -2.50. The van der Waals surface area contributed by atoms with Gasteiger partial charge in [-0.1, -0.05) is 13.8 Å². The van der Waals surface area contributed by atoms with Crippen LogP contribution in [-0.2, 0) is 24.5 Å². The number of aliphatic carboxylic acids is 1. The number of nitrogens with zero attached hydrogens (tertiary/aromatic N) is 1. The Morgan fingerprint density at radius 3 is 2.26 bits per heavy atom. The molecule has 0 unspecified atom stereocenters.